The van der Waals surface area contributed by atoms with Crippen LogP contribution in [-0.4, -0.2) is 10.9 Å². The monoisotopic (exact) mass is 226 g/mol. The quantitative estimate of drug-likeness (QED) is 0.778. The molecule has 80 valence electrons. The molecular formula is C10H12NO3S+. The second-order valence-corrected chi connectivity index (χ2v) is 4.93. The number of hydrogen-bond donors (Lipinski definition) is 0. The SMILES string of the molecule is CC(C)CC1c2ccsc2C(=O)O[N+]1=O. The van der Waals surface area contributed by atoms with E-state index < -0.39 is 5.97 Å². The van der Waals surface area contributed by atoms with E-state index in [1.165, 1.54) is 11.3 Å². The number of thiophene rings is 1. The molecule has 1 unspecified atom stereocenters. The average molecular weight is 226 g/mol. The number of nitrogens with zero attached hydrogens (tertiary/aromatic N) is 1. The van der Waals surface area contributed by atoms with E-state index in [0.29, 0.717) is 22.1 Å². The van der Waals surface area contributed by atoms with Gasteiger partial charge in [0.2, 0.25) is 4.92 Å². The van der Waals surface area contributed by atoms with Crippen molar-refractivity contribution in [3.8, 4) is 0 Å². The lowest BCUT2D eigenvalue weighted by Crippen LogP contribution is -2.28. The van der Waals surface area contributed by atoms with Crippen LogP contribution in [0.15, 0.2) is 11.4 Å². The Morgan fingerprint density at radius 1 is 1.60 bits per heavy atom. The molecule has 1 aliphatic rings. The van der Waals surface area contributed by atoms with E-state index in [1.807, 2.05) is 25.3 Å². The Morgan fingerprint density at radius 2 is 2.33 bits per heavy atom. The van der Waals surface area contributed by atoms with Crippen molar-refractivity contribution in [2.24, 2.45) is 5.92 Å². The van der Waals surface area contributed by atoms with Gasteiger partial charge in [-0.3, -0.25) is 0 Å². The summed E-state index contributed by atoms with van der Waals surface area (Å²) in [4.78, 5) is 28.4. The molecule has 0 saturated carbocycles. The molecule has 2 heterocycles. The minimum atomic E-state index is -0.532. The van der Waals surface area contributed by atoms with Crippen LogP contribution in [0, 0.1) is 10.8 Å². The summed E-state index contributed by atoms with van der Waals surface area (Å²) in [5.41, 5.74) is 0.806. The summed E-state index contributed by atoms with van der Waals surface area (Å²) in [6.45, 7) is 4.08. The van der Waals surface area contributed by atoms with Crippen molar-refractivity contribution >= 4 is 17.3 Å². The van der Waals surface area contributed by atoms with Crippen LogP contribution in [-0.2, 0) is 4.84 Å². The van der Waals surface area contributed by atoms with Gasteiger partial charge in [-0.05, 0) is 17.4 Å². The average Bonchev–Trinajstić information content (AvgIpc) is 2.60. The van der Waals surface area contributed by atoms with E-state index in [4.69, 9.17) is 0 Å². The van der Waals surface area contributed by atoms with E-state index >= 15 is 0 Å². The van der Waals surface area contributed by atoms with Gasteiger partial charge in [-0.1, -0.05) is 13.8 Å². The third-order valence-corrected chi connectivity index (χ3v) is 3.27. The van der Waals surface area contributed by atoms with Gasteiger partial charge < -0.3 is 0 Å². The van der Waals surface area contributed by atoms with Crippen molar-refractivity contribution in [3.05, 3.63) is 26.8 Å². The van der Waals surface area contributed by atoms with E-state index in [0.717, 1.165) is 5.56 Å². The molecule has 0 N–H and O–H groups in total. The van der Waals surface area contributed by atoms with Gasteiger partial charge >= 0.3 is 5.97 Å². The zero-order chi connectivity index (χ0) is 11.0. The molecule has 0 radical (unpaired) electrons. The summed E-state index contributed by atoms with van der Waals surface area (Å²) in [6, 6.07) is 1.49. The first-order valence-electron chi connectivity index (χ1n) is 4.85. The standard InChI is InChI=1S/C10H12NO3S/c1-6(2)5-8-7-3-4-15-9(7)10(12)14-11(8)13/h3-4,6,8H,5H2,1-2H3/q+1. The van der Waals surface area contributed by atoms with Crippen LogP contribution >= 0.6 is 11.3 Å². The van der Waals surface area contributed by atoms with Gasteiger partial charge in [-0.25, -0.2) is 4.79 Å². The van der Waals surface area contributed by atoms with Gasteiger partial charge in [0, 0.05) is 6.42 Å². The fourth-order valence-corrected chi connectivity index (χ4v) is 2.53. The van der Waals surface area contributed by atoms with E-state index in [1.54, 1.807) is 0 Å². The molecule has 0 aromatic carbocycles. The smallest absolute Gasteiger partial charge is 0.237 e. The van der Waals surface area contributed by atoms with Gasteiger partial charge in [-0.15, -0.1) is 16.2 Å². The molecule has 2 rings (SSSR count). The lowest BCUT2D eigenvalue weighted by atomic mass is 9.97. The molecule has 0 fully saturated rings. The molecule has 0 spiro atoms. The topological polar surface area (TPSA) is 46.4 Å². The number of fused-ring (bicyclic) bond motifs is 1. The Morgan fingerprint density at radius 3 is 3.00 bits per heavy atom. The van der Waals surface area contributed by atoms with Gasteiger partial charge in [0.15, 0.2) is 0 Å². The molecule has 1 aromatic heterocycles. The Hall–Kier alpha value is -1.23. The van der Waals surface area contributed by atoms with E-state index in [9.17, 15) is 9.70 Å². The minimum absolute atomic E-state index is 0.344. The van der Waals surface area contributed by atoms with Crippen molar-refractivity contribution in [2.75, 3.05) is 0 Å². The first-order valence-corrected chi connectivity index (χ1v) is 5.73. The van der Waals surface area contributed by atoms with Crippen LogP contribution in [0.3, 0.4) is 0 Å². The summed E-state index contributed by atoms with van der Waals surface area (Å²) in [5.74, 6) is -0.147. The summed E-state index contributed by atoms with van der Waals surface area (Å²) in [5, 5.41) is 1.82. The Bertz CT molecular complexity index is 411. The maximum Gasteiger partial charge on any atom is 0.426 e. The van der Waals surface area contributed by atoms with Gasteiger partial charge in [0.1, 0.15) is 4.88 Å². The van der Waals surface area contributed by atoms with Crippen LogP contribution in [0.5, 0.6) is 0 Å². The van der Waals surface area contributed by atoms with Crippen LogP contribution in [0.25, 0.3) is 0 Å². The second-order valence-electron chi connectivity index (χ2n) is 4.01. The maximum absolute atomic E-state index is 11.5. The van der Waals surface area contributed by atoms with Crippen LogP contribution in [0.2, 0.25) is 0 Å². The number of carbonyl (C=O) groups is 1. The zero-order valence-electron chi connectivity index (χ0n) is 8.60. The number of hydrogen-bond acceptors (Lipinski definition) is 4. The minimum Gasteiger partial charge on any atom is -0.237 e. The molecule has 0 bridgehead atoms. The van der Waals surface area contributed by atoms with Crippen molar-refractivity contribution in [3.63, 3.8) is 0 Å². The Balaban J connectivity index is 2.36. The predicted molar refractivity (Wildman–Crippen MR) is 55.6 cm³/mol. The third-order valence-electron chi connectivity index (χ3n) is 2.36. The molecule has 1 aliphatic heterocycles. The molecule has 1 atom stereocenters. The van der Waals surface area contributed by atoms with Crippen molar-refractivity contribution in [1.82, 2.24) is 0 Å². The van der Waals surface area contributed by atoms with Gasteiger partial charge in [-0.2, -0.15) is 0 Å². The lowest BCUT2D eigenvalue weighted by molar-refractivity contribution is -0.809. The fraction of sp³-hybridized carbons (Fsp3) is 0.500. The van der Waals surface area contributed by atoms with Crippen LogP contribution in [0.4, 0.5) is 0 Å². The highest BCUT2D eigenvalue weighted by Crippen LogP contribution is 2.34. The molecule has 15 heavy (non-hydrogen) atoms. The molecule has 0 saturated heterocycles. The van der Waals surface area contributed by atoms with Crippen molar-refractivity contribution < 1.29 is 14.6 Å². The summed E-state index contributed by atoms with van der Waals surface area (Å²) in [6.07, 6.45) is 0.695. The highest BCUT2D eigenvalue weighted by molar-refractivity contribution is 7.12. The molecule has 1 aromatic rings. The zero-order valence-corrected chi connectivity index (χ0v) is 9.41. The maximum atomic E-state index is 11.5. The number of carbonyl (C=O) groups excluding carboxylic acids is 1. The van der Waals surface area contributed by atoms with E-state index in [-0.39, 0.29) is 6.04 Å². The molecule has 5 heteroatoms. The molecular weight excluding hydrogens is 214 g/mol. The molecule has 0 amide bonds. The highest BCUT2D eigenvalue weighted by Gasteiger charge is 2.43. The van der Waals surface area contributed by atoms with Crippen LogP contribution in [0.1, 0.15) is 41.5 Å². The summed E-state index contributed by atoms with van der Waals surface area (Å²) in [7, 11) is 0. The first kappa shape index (κ1) is 10.3. The Kier molecular flexibility index (Phi) is 2.56. The van der Waals surface area contributed by atoms with Gasteiger partial charge in [0.05, 0.1) is 10.5 Å². The first-order chi connectivity index (χ1) is 7.09. The highest BCUT2D eigenvalue weighted by atomic mass is 32.1. The second kappa shape index (κ2) is 3.73. The summed E-state index contributed by atoms with van der Waals surface area (Å²) >= 11 is 1.33. The number of rotatable bonds is 2. The predicted octanol–water partition coefficient (Wildman–Crippen LogP) is 2.70. The molecule has 4 nitrogen and oxygen atoms in total. The molecule has 0 aliphatic carbocycles. The third kappa shape index (κ3) is 1.79. The summed E-state index contributed by atoms with van der Waals surface area (Å²) < 4.78 is 0. The lowest BCUT2D eigenvalue weighted by Gasteiger charge is -2.13. The Labute approximate surface area is 91.4 Å². The largest absolute Gasteiger partial charge is 0.426 e. The normalized spacial score (nSPS) is 20.3. The van der Waals surface area contributed by atoms with E-state index in [2.05, 4.69) is 4.84 Å². The van der Waals surface area contributed by atoms with Crippen molar-refractivity contribution in [2.45, 2.75) is 26.3 Å². The fourth-order valence-electron chi connectivity index (χ4n) is 1.71. The van der Waals surface area contributed by atoms with Crippen molar-refractivity contribution in [1.29, 1.82) is 0 Å². The van der Waals surface area contributed by atoms with Gasteiger partial charge in [0.25, 0.3) is 6.04 Å². The van der Waals surface area contributed by atoms with Crippen LogP contribution < -0.4 is 0 Å².